The van der Waals surface area contributed by atoms with Crippen LogP contribution in [0.25, 0.3) is 0 Å². The SMILES string of the molecule is CNC(C)c1cccc(SCCCCc2ccccc2)c1. The molecule has 1 nitrogen and oxygen atoms in total. The Hall–Kier alpha value is -1.25. The monoisotopic (exact) mass is 299 g/mol. The number of nitrogens with one attached hydrogen (secondary N) is 1. The zero-order valence-corrected chi connectivity index (χ0v) is 13.8. The Morgan fingerprint density at radius 1 is 1.00 bits per heavy atom. The molecular weight excluding hydrogens is 274 g/mol. The van der Waals surface area contributed by atoms with E-state index in [1.807, 2.05) is 18.8 Å². The molecule has 0 amide bonds. The highest BCUT2D eigenvalue weighted by molar-refractivity contribution is 7.99. The van der Waals surface area contributed by atoms with Crippen molar-refractivity contribution in [3.8, 4) is 0 Å². The summed E-state index contributed by atoms with van der Waals surface area (Å²) in [5.41, 5.74) is 2.82. The highest BCUT2D eigenvalue weighted by atomic mass is 32.2. The van der Waals surface area contributed by atoms with Gasteiger partial charge >= 0.3 is 0 Å². The summed E-state index contributed by atoms with van der Waals surface area (Å²) in [5.74, 6) is 1.20. The summed E-state index contributed by atoms with van der Waals surface area (Å²) in [6, 6.07) is 20.1. The Bertz CT molecular complexity index is 524. The standard InChI is InChI=1S/C19H25NS/c1-16(20-2)18-12-8-13-19(15-18)21-14-7-6-11-17-9-4-3-5-10-17/h3-5,8-10,12-13,15-16,20H,6-7,11,14H2,1-2H3. The van der Waals surface area contributed by atoms with Crippen LogP contribution in [0.5, 0.6) is 0 Å². The summed E-state index contributed by atoms with van der Waals surface area (Å²) < 4.78 is 0. The van der Waals surface area contributed by atoms with Gasteiger partial charge in [-0.15, -0.1) is 11.8 Å². The molecule has 2 aromatic rings. The molecule has 2 heteroatoms. The minimum Gasteiger partial charge on any atom is -0.313 e. The molecule has 0 saturated heterocycles. The van der Waals surface area contributed by atoms with Crippen molar-refractivity contribution in [1.29, 1.82) is 0 Å². The first kappa shape index (κ1) is 16.1. The van der Waals surface area contributed by atoms with E-state index in [2.05, 4.69) is 66.8 Å². The van der Waals surface area contributed by atoms with Gasteiger partial charge in [-0.05, 0) is 62.2 Å². The van der Waals surface area contributed by atoms with Crippen LogP contribution in [0.1, 0.15) is 36.9 Å². The summed E-state index contributed by atoms with van der Waals surface area (Å²) >= 11 is 1.97. The predicted molar refractivity (Wildman–Crippen MR) is 94.0 cm³/mol. The number of hydrogen-bond donors (Lipinski definition) is 1. The number of benzene rings is 2. The molecule has 0 spiro atoms. The van der Waals surface area contributed by atoms with Crippen molar-refractivity contribution in [2.45, 2.75) is 37.1 Å². The maximum atomic E-state index is 3.29. The van der Waals surface area contributed by atoms with Crippen molar-refractivity contribution >= 4 is 11.8 Å². The second kappa shape index (κ2) is 8.91. The molecular formula is C19H25NS. The molecule has 0 aliphatic carbocycles. The molecule has 21 heavy (non-hydrogen) atoms. The van der Waals surface area contributed by atoms with Crippen LogP contribution in [0.3, 0.4) is 0 Å². The summed E-state index contributed by atoms with van der Waals surface area (Å²) in [6.07, 6.45) is 3.73. The first-order chi connectivity index (χ1) is 10.3. The van der Waals surface area contributed by atoms with Crippen molar-refractivity contribution in [2.24, 2.45) is 0 Å². The van der Waals surface area contributed by atoms with Crippen molar-refractivity contribution in [3.05, 3.63) is 65.7 Å². The van der Waals surface area contributed by atoms with Gasteiger partial charge in [-0.2, -0.15) is 0 Å². The number of aryl methyl sites for hydroxylation is 1. The van der Waals surface area contributed by atoms with E-state index in [4.69, 9.17) is 0 Å². The van der Waals surface area contributed by atoms with Gasteiger partial charge in [-0.25, -0.2) is 0 Å². The van der Waals surface area contributed by atoms with Gasteiger partial charge < -0.3 is 5.32 Å². The Morgan fingerprint density at radius 2 is 1.81 bits per heavy atom. The van der Waals surface area contributed by atoms with Crippen molar-refractivity contribution in [1.82, 2.24) is 5.32 Å². The third-order valence-corrected chi connectivity index (χ3v) is 4.84. The van der Waals surface area contributed by atoms with Crippen LogP contribution < -0.4 is 5.32 Å². The lowest BCUT2D eigenvalue weighted by Crippen LogP contribution is -2.11. The molecule has 0 aliphatic rings. The molecule has 2 rings (SSSR count). The van der Waals surface area contributed by atoms with Gasteiger partial charge in [0.1, 0.15) is 0 Å². The lowest BCUT2D eigenvalue weighted by atomic mass is 10.1. The zero-order chi connectivity index (χ0) is 14.9. The van der Waals surface area contributed by atoms with E-state index in [0.29, 0.717) is 6.04 Å². The molecule has 0 aromatic heterocycles. The second-order valence-corrected chi connectivity index (χ2v) is 6.54. The fourth-order valence-corrected chi connectivity index (χ4v) is 3.28. The van der Waals surface area contributed by atoms with E-state index in [1.54, 1.807) is 0 Å². The average molecular weight is 299 g/mol. The molecule has 0 saturated carbocycles. The number of hydrogen-bond acceptors (Lipinski definition) is 2. The largest absolute Gasteiger partial charge is 0.313 e. The average Bonchev–Trinajstić information content (AvgIpc) is 2.55. The van der Waals surface area contributed by atoms with Gasteiger partial charge in [0.2, 0.25) is 0 Å². The molecule has 2 aromatic carbocycles. The Kier molecular flexibility index (Phi) is 6.84. The second-order valence-electron chi connectivity index (χ2n) is 5.37. The fraction of sp³-hybridized carbons (Fsp3) is 0.368. The number of rotatable bonds is 8. The smallest absolute Gasteiger partial charge is 0.0289 e. The maximum Gasteiger partial charge on any atom is 0.0289 e. The number of unbranched alkanes of at least 4 members (excludes halogenated alkanes) is 1. The van der Waals surface area contributed by atoms with Gasteiger partial charge in [-0.1, -0.05) is 42.5 Å². The zero-order valence-electron chi connectivity index (χ0n) is 13.0. The highest BCUT2D eigenvalue weighted by Gasteiger charge is 2.03. The van der Waals surface area contributed by atoms with E-state index < -0.39 is 0 Å². The highest BCUT2D eigenvalue weighted by Crippen LogP contribution is 2.23. The van der Waals surface area contributed by atoms with Gasteiger partial charge in [0.25, 0.3) is 0 Å². The predicted octanol–water partition coefficient (Wildman–Crippen LogP) is 5.08. The third kappa shape index (κ3) is 5.56. The maximum absolute atomic E-state index is 3.29. The Balaban J connectivity index is 1.71. The van der Waals surface area contributed by atoms with Crippen molar-refractivity contribution in [2.75, 3.05) is 12.8 Å². The van der Waals surface area contributed by atoms with Crippen LogP contribution >= 0.6 is 11.8 Å². The first-order valence-corrected chi connectivity index (χ1v) is 8.72. The molecule has 1 atom stereocenters. The van der Waals surface area contributed by atoms with E-state index in [9.17, 15) is 0 Å². The van der Waals surface area contributed by atoms with Crippen LogP contribution in [0.4, 0.5) is 0 Å². The van der Waals surface area contributed by atoms with E-state index in [-0.39, 0.29) is 0 Å². The first-order valence-electron chi connectivity index (χ1n) is 7.73. The molecule has 1 unspecified atom stereocenters. The van der Waals surface area contributed by atoms with Crippen LogP contribution in [0.15, 0.2) is 59.5 Å². The molecule has 0 fully saturated rings. The minimum absolute atomic E-state index is 0.420. The summed E-state index contributed by atoms with van der Waals surface area (Å²) in [4.78, 5) is 1.38. The molecule has 1 N–H and O–H groups in total. The quantitative estimate of drug-likeness (QED) is 0.539. The normalized spacial score (nSPS) is 12.3. The molecule has 112 valence electrons. The van der Waals surface area contributed by atoms with Crippen LogP contribution in [0.2, 0.25) is 0 Å². The van der Waals surface area contributed by atoms with Crippen LogP contribution in [0, 0.1) is 0 Å². The fourth-order valence-electron chi connectivity index (χ4n) is 2.31. The van der Waals surface area contributed by atoms with Crippen LogP contribution in [-0.4, -0.2) is 12.8 Å². The summed E-state index contributed by atoms with van der Waals surface area (Å²) in [6.45, 7) is 2.20. The van der Waals surface area contributed by atoms with E-state index in [1.165, 1.54) is 41.0 Å². The molecule has 0 aliphatic heterocycles. The summed E-state index contributed by atoms with van der Waals surface area (Å²) in [7, 11) is 2.01. The van der Waals surface area contributed by atoms with Crippen molar-refractivity contribution < 1.29 is 0 Å². The van der Waals surface area contributed by atoms with Gasteiger partial charge in [-0.3, -0.25) is 0 Å². The van der Waals surface area contributed by atoms with E-state index in [0.717, 1.165) is 0 Å². The minimum atomic E-state index is 0.420. The summed E-state index contributed by atoms with van der Waals surface area (Å²) in [5, 5.41) is 3.29. The Morgan fingerprint density at radius 3 is 2.57 bits per heavy atom. The van der Waals surface area contributed by atoms with Gasteiger partial charge in [0, 0.05) is 10.9 Å². The molecule has 0 heterocycles. The third-order valence-electron chi connectivity index (χ3n) is 3.76. The number of thioether (sulfide) groups is 1. The van der Waals surface area contributed by atoms with Crippen molar-refractivity contribution in [3.63, 3.8) is 0 Å². The molecule has 0 radical (unpaired) electrons. The molecule has 0 bridgehead atoms. The lowest BCUT2D eigenvalue weighted by Gasteiger charge is -2.11. The van der Waals surface area contributed by atoms with Crippen LogP contribution in [-0.2, 0) is 6.42 Å². The van der Waals surface area contributed by atoms with Gasteiger partial charge in [0.15, 0.2) is 0 Å². The van der Waals surface area contributed by atoms with E-state index >= 15 is 0 Å². The lowest BCUT2D eigenvalue weighted by molar-refractivity contribution is 0.651. The Labute approximate surface area is 133 Å². The topological polar surface area (TPSA) is 12.0 Å². The van der Waals surface area contributed by atoms with Gasteiger partial charge in [0.05, 0.1) is 0 Å².